The molecule has 0 fully saturated rings. The molecule has 1 aliphatic rings. The number of hydrazine groups is 1. The summed E-state index contributed by atoms with van der Waals surface area (Å²) in [6.07, 6.45) is -3.46. The van der Waals surface area contributed by atoms with Crippen molar-refractivity contribution in [3.05, 3.63) is 38.5 Å². The second-order valence-electron chi connectivity index (χ2n) is 4.71. The number of aliphatic imine (C=N–C) groups is 1. The number of hydrogen-bond donors (Lipinski definition) is 0. The van der Waals surface area contributed by atoms with E-state index in [-0.39, 0.29) is 32.9 Å². The van der Waals surface area contributed by atoms with Gasteiger partial charge in [-0.3, -0.25) is 10.0 Å². The molecule has 0 spiro atoms. The number of nitrogens with zero attached hydrogens (tertiary/aromatic N) is 3. The first-order valence-electron chi connectivity index (χ1n) is 6.04. The van der Waals surface area contributed by atoms with Gasteiger partial charge in [-0.25, -0.2) is 5.01 Å². The maximum atomic E-state index is 13.5. The Morgan fingerprint density at radius 2 is 1.82 bits per heavy atom. The minimum atomic E-state index is -4.59. The standard InChI is InChI=1S/C13H11Cl3F3N3/c1-21(2)22-6-20-5-9(12(22)13(17,18)19)8-3-7(14)4-10(15)11(8)16/h3-5H,6H2,1-2H3. The van der Waals surface area contributed by atoms with Gasteiger partial charge in [0.2, 0.25) is 0 Å². The van der Waals surface area contributed by atoms with E-state index in [1.54, 1.807) is 0 Å². The molecule has 1 heterocycles. The molecule has 3 nitrogen and oxygen atoms in total. The molecule has 0 unspecified atom stereocenters. The summed E-state index contributed by atoms with van der Waals surface area (Å²) < 4.78 is 40.6. The van der Waals surface area contributed by atoms with Crippen LogP contribution in [0.3, 0.4) is 0 Å². The summed E-state index contributed by atoms with van der Waals surface area (Å²) in [5.41, 5.74) is -0.962. The molecule has 0 atom stereocenters. The second-order valence-corrected chi connectivity index (χ2v) is 5.93. The van der Waals surface area contributed by atoms with Crippen molar-refractivity contribution in [3.63, 3.8) is 0 Å². The predicted molar refractivity (Wildman–Crippen MR) is 83.3 cm³/mol. The third-order valence-electron chi connectivity index (χ3n) is 2.98. The van der Waals surface area contributed by atoms with Gasteiger partial charge in [-0.15, -0.1) is 0 Å². The molecular weight excluding hydrogens is 362 g/mol. The Morgan fingerprint density at radius 1 is 1.18 bits per heavy atom. The van der Waals surface area contributed by atoms with E-state index in [1.165, 1.54) is 31.2 Å². The van der Waals surface area contributed by atoms with Crippen LogP contribution in [0, 0.1) is 0 Å². The van der Waals surface area contributed by atoms with Crippen LogP contribution >= 0.6 is 34.8 Å². The fourth-order valence-corrected chi connectivity index (χ4v) is 2.76. The fourth-order valence-electron chi connectivity index (χ4n) is 2.05. The second kappa shape index (κ2) is 6.28. The highest BCUT2D eigenvalue weighted by Crippen LogP contribution is 2.40. The summed E-state index contributed by atoms with van der Waals surface area (Å²) >= 11 is 17.9. The first kappa shape index (κ1) is 17.4. The third kappa shape index (κ3) is 3.35. The molecule has 0 saturated heterocycles. The Kier molecular flexibility index (Phi) is 4.96. The lowest BCUT2D eigenvalue weighted by Crippen LogP contribution is -2.43. The van der Waals surface area contributed by atoms with E-state index < -0.39 is 11.9 Å². The van der Waals surface area contributed by atoms with Crippen LogP contribution in [0.2, 0.25) is 15.1 Å². The molecule has 1 aromatic rings. The average Bonchev–Trinajstić information content (AvgIpc) is 2.41. The predicted octanol–water partition coefficient (Wildman–Crippen LogP) is 4.74. The zero-order valence-corrected chi connectivity index (χ0v) is 13.8. The number of halogens is 6. The molecular formula is C13H11Cl3F3N3. The van der Waals surface area contributed by atoms with Gasteiger partial charge in [0.1, 0.15) is 12.4 Å². The molecule has 0 bridgehead atoms. The molecule has 0 saturated carbocycles. The molecule has 1 aliphatic heterocycles. The molecule has 2 rings (SSSR count). The molecule has 0 radical (unpaired) electrons. The molecule has 1 aromatic carbocycles. The SMILES string of the molecule is CN(C)N1CN=CC(c2cc(Cl)cc(Cl)c2Cl)=C1C(F)(F)F. The van der Waals surface area contributed by atoms with Crippen molar-refractivity contribution in [2.45, 2.75) is 6.18 Å². The topological polar surface area (TPSA) is 18.8 Å². The molecule has 0 aromatic heterocycles. The van der Waals surface area contributed by atoms with Crippen LogP contribution < -0.4 is 0 Å². The summed E-state index contributed by atoms with van der Waals surface area (Å²) in [5, 5.41) is 2.57. The van der Waals surface area contributed by atoms with Crippen molar-refractivity contribution in [1.82, 2.24) is 10.0 Å². The van der Waals surface area contributed by atoms with E-state index in [2.05, 4.69) is 4.99 Å². The first-order chi connectivity index (χ1) is 10.1. The zero-order chi connectivity index (χ0) is 16.7. The number of rotatable bonds is 2. The van der Waals surface area contributed by atoms with Crippen molar-refractivity contribution in [2.75, 3.05) is 20.8 Å². The van der Waals surface area contributed by atoms with Crippen molar-refractivity contribution < 1.29 is 13.2 Å². The monoisotopic (exact) mass is 371 g/mol. The van der Waals surface area contributed by atoms with Crippen LogP contribution in [0.5, 0.6) is 0 Å². The lowest BCUT2D eigenvalue weighted by Gasteiger charge is -2.35. The van der Waals surface area contributed by atoms with Gasteiger partial charge in [0, 0.05) is 36.5 Å². The Morgan fingerprint density at radius 3 is 2.36 bits per heavy atom. The van der Waals surface area contributed by atoms with Gasteiger partial charge in [-0.2, -0.15) is 13.2 Å². The number of hydrogen-bond acceptors (Lipinski definition) is 3. The van der Waals surface area contributed by atoms with Gasteiger partial charge >= 0.3 is 6.18 Å². The van der Waals surface area contributed by atoms with E-state index in [0.29, 0.717) is 0 Å². The van der Waals surface area contributed by atoms with Crippen molar-refractivity contribution in [2.24, 2.45) is 4.99 Å². The first-order valence-corrected chi connectivity index (χ1v) is 7.17. The van der Waals surface area contributed by atoms with Gasteiger partial charge < -0.3 is 0 Å². The van der Waals surface area contributed by atoms with E-state index in [1.807, 2.05) is 0 Å². The zero-order valence-electron chi connectivity index (χ0n) is 11.5. The van der Waals surface area contributed by atoms with Gasteiger partial charge in [0.05, 0.1) is 10.0 Å². The maximum absolute atomic E-state index is 13.5. The third-order valence-corrected chi connectivity index (χ3v) is 4.00. The highest BCUT2D eigenvalue weighted by Gasteiger charge is 2.42. The fraction of sp³-hybridized carbons (Fsp3) is 0.308. The van der Waals surface area contributed by atoms with Gasteiger partial charge in [0.15, 0.2) is 0 Å². The number of allylic oxidation sites excluding steroid dienone is 2. The lowest BCUT2D eigenvalue weighted by molar-refractivity contribution is -0.132. The van der Waals surface area contributed by atoms with Crippen LogP contribution in [0.25, 0.3) is 5.57 Å². The molecule has 22 heavy (non-hydrogen) atoms. The Hall–Kier alpha value is -0.950. The lowest BCUT2D eigenvalue weighted by atomic mass is 10.0. The Bertz CT molecular complexity index is 654. The Balaban J connectivity index is 2.75. The summed E-state index contributed by atoms with van der Waals surface area (Å²) in [4.78, 5) is 3.96. The van der Waals surface area contributed by atoms with E-state index in [4.69, 9.17) is 34.8 Å². The quantitative estimate of drug-likeness (QED) is 0.698. The van der Waals surface area contributed by atoms with E-state index in [9.17, 15) is 13.2 Å². The smallest absolute Gasteiger partial charge is 0.280 e. The normalized spacial score (nSPS) is 16.0. The molecule has 9 heteroatoms. The van der Waals surface area contributed by atoms with Gasteiger partial charge in [-0.05, 0) is 12.1 Å². The molecule has 0 N–H and O–H groups in total. The molecule has 0 aliphatic carbocycles. The highest BCUT2D eigenvalue weighted by atomic mass is 35.5. The average molecular weight is 373 g/mol. The molecule has 0 amide bonds. The van der Waals surface area contributed by atoms with Gasteiger partial charge in [-0.1, -0.05) is 34.8 Å². The number of alkyl halides is 3. The van der Waals surface area contributed by atoms with Crippen LogP contribution in [-0.4, -0.2) is 43.2 Å². The van der Waals surface area contributed by atoms with Crippen LogP contribution in [0.1, 0.15) is 5.56 Å². The van der Waals surface area contributed by atoms with Crippen LogP contribution in [-0.2, 0) is 0 Å². The summed E-state index contributed by atoms with van der Waals surface area (Å²) in [6, 6.07) is 2.70. The minimum Gasteiger partial charge on any atom is -0.280 e. The van der Waals surface area contributed by atoms with Crippen molar-refractivity contribution >= 4 is 46.6 Å². The number of benzene rings is 1. The van der Waals surface area contributed by atoms with Crippen LogP contribution in [0.4, 0.5) is 13.2 Å². The van der Waals surface area contributed by atoms with Crippen molar-refractivity contribution in [3.8, 4) is 0 Å². The maximum Gasteiger partial charge on any atom is 0.433 e. The minimum absolute atomic E-state index is 0.00475. The molecule has 120 valence electrons. The highest BCUT2D eigenvalue weighted by molar-refractivity contribution is 6.45. The summed E-state index contributed by atoms with van der Waals surface area (Å²) in [6.45, 7) is -0.142. The largest absolute Gasteiger partial charge is 0.433 e. The summed E-state index contributed by atoms with van der Waals surface area (Å²) in [7, 11) is 2.99. The van der Waals surface area contributed by atoms with Crippen molar-refractivity contribution in [1.29, 1.82) is 0 Å². The Labute approximate surface area is 140 Å². The van der Waals surface area contributed by atoms with Crippen LogP contribution in [0.15, 0.2) is 22.8 Å². The van der Waals surface area contributed by atoms with E-state index >= 15 is 0 Å². The summed E-state index contributed by atoms with van der Waals surface area (Å²) in [5.74, 6) is 0. The van der Waals surface area contributed by atoms with E-state index in [0.717, 1.165) is 11.2 Å². The van der Waals surface area contributed by atoms with Gasteiger partial charge in [0.25, 0.3) is 0 Å².